The highest BCUT2D eigenvalue weighted by Crippen LogP contribution is 2.39. The highest BCUT2D eigenvalue weighted by Gasteiger charge is 2.37. The largest absolute Gasteiger partial charge is 0.479 e. The number of likely N-dealkylation sites (tertiary alicyclic amines) is 1. The molecule has 3 aliphatic heterocycles. The minimum absolute atomic E-state index is 0.0455. The van der Waals surface area contributed by atoms with E-state index >= 15 is 0 Å². The zero-order valence-electron chi connectivity index (χ0n) is 13.7. The van der Waals surface area contributed by atoms with Crippen molar-refractivity contribution in [3.8, 4) is 5.75 Å². The molecule has 1 aromatic carbocycles. The predicted molar refractivity (Wildman–Crippen MR) is 93.2 cm³/mol. The van der Waals surface area contributed by atoms with Crippen LogP contribution in [-0.4, -0.2) is 55.2 Å². The molecule has 0 spiro atoms. The second-order valence-corrected chi connectivity index (χ2v) is 6.96. The Morgan fingerprint density at radius 3 is 2.80 bits per heavy atom. The van der Waals surface area contributed by atoms with Crippen molar-refractivity contribution in [3.63, 3.8) is 0 Å². The molecule has 1 unspecified atom stereocenters. The predicted octanol–water partition coefficient (Wildman–Crippen LogP) is 1.86. The number of carbonyl (C=O) groups excluding carboxylic acids is 2. The molecule has 7 nitrogen and oxygen atoms in total. The molecule has 2 saturated heterocycles. The maximum atomic E-state index is 12.8. The van der Waals surface area contributed by atoms with Crippen molar-refractivity contribution < 1.29 is 19.1 Å². The molecule has 3 aliphatic rings. The minimum atomic E-state index is -0.313. The van der Waals surface area contributed by atoms with E-state index in [4.69, 9.17) is 21.1 Å². The van der Waals surface area contributed by atoms with Gasteiger partial charge in [0, 0.05) is 30.8 Å². The molecule has 2 fully saturated rings. The van der Waals surface area contributed by atoms with Crippen molar-refractivity contribution in [2.45, 2.75) is 31.3 Å². The molecular formula is C17H20ClN3O4. The molecular weight excluding hydrogens is 346 g/mol. The highest BCUT2D eigenvalue weighted by molar-refractivity contribution is 6.31. The Morgan fingerprint density at radius 2 is 2.00 bits per heavy atom. The lowest BCUT2D eigenvalue weighted by molar-refractivity contribution is -0.131. The van der Waals surface area contributed by atoms with Gasteiger partial charge in [-0.3, -0.25) is 9.59 Å². The smallest absolute Gasteiger partial charge is 0.262 e. The minimum Gasteiger partial charge on any atom is -0.479 e. The first-order valence-electron chi connectivity index (χ1n) is 8.53. The third kappa shape index (κ3) is 3.26. The van der Waals surface area contributed by atoms with Crippen LogP contribution < -0.4 is 15.4 Å². The number of halogens is 1. The number of nitrogens with one attached hydrogen (secondary N) is 2. The summed E-state index contributed by atoms with van der Waals surface area (Å²) >= 11 is 6.15. The van der Waals surface area contributed by atoms with Gasteiger partial charge in [-0.2, -0.15) is 0 Å². The molecule has 2 amide bonds. The monoisotopic (exact) mass is 365 g/mol. The van der Waals surface area contributed by atoms with E-state index in [9.17, 15) is 9.59 Å². The molecule has 8 heteroatoms. The van der Waals surface area contributed by atoms with Gasteiger partial charge in [0.2, 0.25) is 5.91 Å². The summed E-state index contributed by atoms with van der Waals surface area (Å²) in [5, 5.41) is 6.47. The maximum absolute atomic E-state index is 12.8. The summed E-state index contributed by atoms with van der Waals surface area (Å²) in [5.41, 5.74) is 1.16. The van der Waals surface area contributed by atoms with Gasteiger partial charge < -0.3 is 25.0 Å². The second-order valence-electron chi connectivity index (χ2n) is 6.53. The van der Waals surface area contributed by atoms with Crippen molar-refractivity contribution in [2.75, 3.05) is 37.0 Å². The third-order valence-corrected chi connectivity index (χ3v) is 5.09. The van der Waals surface area contributed by atoms with Crippen LogP contribution in [0.15, 0.2) is 12.1 Å². The number of fused-ring (bicyclic) bond motifs is 1. The lowest BCUT2D eigenvalue weighted by atomic mass is 10.1. The number of anilines is 2. The number of hydrogen-bond acceptors (Lipinski definition) is 5. The van der Waals surface area contributed by atoms with Crippen molar-refractivity contribution in [2.24, 2.45) is 0 Å². The van der Waals surface area contributed by atoms with Gasteiger partial charge in [-0.15, -0.1) is 0 Å². The van der Waals surface area contributed by atoms with Crippen LogP contribution in [0.4, 0.5) is 11.4 Å². The average molecular weight is 366 g/mol. The molecule has 0 aromatic heterocycles. The summed E-state index contributed by atoms with van der Waals surface area (Å²) in [7, 11) is 0. The molecule has 0 bridgehead atoms. The van der Waals surface area contributed by atoms with Gasteiger partial charge in [0.25, 0.3) is 5.91 Å². The molecule has 1 aromatic rings. The molecule has 134 valence electrons. The van der Waals surface area contributed by atoms with E-state index in [1.165, 1.54) is 0 Å². The van der Waals surface area contributed by atoms with Crippen molar-refractivity contribution in [1.82, 2.24) is 4.90 Å². The Hall–Kier alpha value is -1.99. The first-order valence-corrected chi connectivity index (χ1v) is 8.90. The Labute approximate surface area is 150 Å². The Bertz CT molecular complexity index is 705. The van der Waals surface area contributed by atoms with Crippen molar-refractivity contribution in [1.29, 1.82) is 0 Å². The van der Waals surface area contributed by atoms with Crippen LogP contribution in [0, 0.1) is 0 Å². The number of benzene rings is 1. The first kappa shape index (κ1) is 16.5. The van der Waals surface area contributed by atoms with Gasteiger partial charge in [0.1, 0.15) is 6.04 Å². The maximum Gasteiger partial charge on any atom is 0.262 e. The molecule has 25 heavy (non-hydrogen) atoms. The van der Waals surface area contributed by atoms with E-state index in [1.54, 1.807) is 12.1 Å². The second kappa shape index (κ2) is 6.72. The van der Waals surface area contributed by atoms with E-state index in [1.807, 2.05) is 4.90 Å². The summed E-state index contributed by atoms with van der Waals surface area (Å²) in [6.07, 6.45) is 2.50. The van der Waals surface area contributed by atoms with Crippen LogP contribution in [-0.2, 0) is 14.3 Å². The lowest BCUT2D eigenvalue weighted by Crippen LogP contribution is -2.43. The standard InChI is InChI=1S/C17H20ClN3O4/c18-10-7-13(16-14(8-10)20-15(22)9-25-16)19-12-1-4-21(17(12)23)11-2-5-24-6-3-11/h7-8,11-12,19H,1-6,9H2,(H,20,22). The Balaban J connectivity index is 1.51. The highest BCUT2D eigenvalue weighted by atomic mass is 35.5. The number of amides is 2. The van der Waals surface area contributed by atoms with Gasteiger partial charge in [0.15, 0.2) is 12.4 Å². The topological polar surface area (TPSA) is 79.9 Å². The van der Waals surface area contributed by atoms with Crippen LogP contribution in [0.3, 0.4) is 0 Å². The number of carbonyl (C=O) groups is 2. The van der Waals surface area contributed by atoms with E-state index < -0.39 is 0 Å². The fourth-order valence-electron chi connectivity index (χ4n) is 3.66. The van der Waals surface area contributed by atoms with Gasteiger partial charge >= 0.3 is 0 Å². The molecule has 0 radical (unpaired) electrons. The van der Waals surface area contributed by atoms with Gasteiger partial charge in [0.05, 0.1) is 11.4 Å². The molecule has 4 rings (SSSR count). The van der Waals surface area contributed by atoms with Crippen LogP contribution in [0.1, 0.15) is 19.3 Å². The third-order valence-electron chi connectivity index (χ3n) is 4.88. The summed E-state index contributed by atoms with van der Waals surface area (Å²) in [6.45, 7) is 2.11. The summed E-state index contributed by atoms with van der Waals surface area (Å²) < 4.78 is 10.9. The van der Waals surface area contributed by atoms with Crippen LogP contribution >= 0.6 is 11.6 Å². The summed E-state index contributed by atoms with van der Waals surface area (Å²) in [4.78, 5) is 26.2. The van der Waals surface area contributed by atoms with Gasteiger partial charge in [-0.05, 0) is 31.4 Å². The molecule has 2 N–H and O–H groups in total. The average Bonchev–Trinajstić information content (AvgIpc) is 2.96. The number of hydrogen-bond donors (Lipinski definition) is 2. The van der Waals surface area contributed by atoms with E-state index in [-0.39, 0.29) is 30.5 Å². The van der Waals surface area contributed by atoms with E-state index in [0.29, 0.717) is 35.4 Å². The van der Waals surface area contributed by atoms with Crippen LogP contribution in [0.5, 0.6) is 5.75 Å². The van der Waals surface area contributed by atoms with Crippen LogP contribution in [0.25, 0.3) is 0 Å². The number of nitrogens with zero attached hydrogens (tertiary/aromatic N) is 1. The molecule has 1 atom stereocenters. The number of ether oxygens (including phenoxy) is 2. The normalized spacial score (nSPS) is 23.9. The van der Waals surface area contributed by atoms with E-state index in [2.05, 4.69) is 10.6 Å². The Kier molecular flexibility index (Phi) is 4.43. The summed E-state index contributed by atoms with van der Waals surface area (Å²) in [6, 6.07) is 3.31. The zero-order chi connectivity index (χ0) is 17.4. The van der Waals surface area contributed by atoms with Crippen molar-refractivity contribution >= 4 is 34.8 Å². The molecule has 0 aliphatic carbocycles. The zero-order valence-corrected chi connectivity index (χ0v) is 14.5. The fourth-order valence-corrected chi connectivity index (χ4v) is 3.87. The SMILES string of the molecule is O=C1COc2c(cc(Cl)cc2NC2CCN(C3CCOCC3)C2=O)N1. The van der Waals surface area contributed by atoms with Crippen LogP contribution in [0.2, 0.25) is 5.02 Å². The quantitative estimate of drug-likeness (QED) is 0.854. The summed E-state index contributed by atoms with van der Waals surface area (Å²) in [5.74, 6) is 0.408. The number of rotatable bonds is 3. The molecule has 3 heterocycles. The van der Waals surface area contributed by atoms with E-state index in [0.717, 1.165) is 25.8 Å². The lowest BCUT2D eigenvalue weighted by Gasteiger charge is -2.31. The van der Waals surface area contributed by atoms with Gasteiger partial charge in [-0.25, -0.2) is 0 Å². The molecule has 0 saturated carbocycles. The van der Waals surface area contributed by atoms with Gasteiger partial charge in [-0.1, -0.05) is 11.6 Å². The fraction of sp³-hybridized carbons (Fsp3) is 0.529. The Morgan fingerprint density at radius 1 is 1.20 bits per heavy atom. The van der Waals surface area contributed by atoms with Crippen molar-refractivity contribution in [3.05, 3.63) is 17.2 Å². The first-order chi connectivity index (χ1) is 12.1.